The highest BCUT2D eigenvalue weighted by Crippen LogP contribution is 2.34. The van der Waals surface area contributed by atoms with Crippen LogP contribution in [-0.4, -0.2) is 69.3 Å². The summed E-state index contributed by atoms with van der Waals surface area (Å²) in [5.74, 6) is -1.43. The number of aliphatic carboxylic acids is 1. The Hall–Kier alpha value is -2.01. The maximum atomic E-state index is 12.5. The van der Waals surface area contributed by atoms with E-state index in [0.717, 1.165) is 5.20 Å². The molecule has 1 aliphatic rings. The van der Waals surface area contributed by atoms with Crippen LogP contribution in [0.5, 0.6) is 0 Å². The van der Waals surface area contributed by atoms with Gasteiger partial charge in [-0.15, -0.1) is 11.2 Å². The molecule has 11 heteroatoms. The van der Waals surface area contributed by atoms with Gasteiger partial charge in [0.1, 0.15) is 19.9 Å². The van der Waals surface area contributed by atoms with E-state index in [1.54, 1.807) is 24.3 Å². The summed E-state index contributed by atoms with van der Waals surface area (Å²) in [6.07, 6.45) is 0.409. The van der Waals surface area contributed by atoms with Crippen LogP contribution in [0.25, 0.3) is 0 Å². The topological polar surface area (TPSA) is 102 Å². The van der Waals surface area contributed by atoms with Gasteiger partial charge in [0, 0.05) is 17.6 Å². The highest BCUT2D eigenvalue weighted by molar-refractivity contribution is 8.26. The molecule has 2 rings (SSSR count). The molecule has 1 aromatic rings. The third-order valence-corrected chi connectivity index (χ3v) is 10.6. The molecule has 0 bridgehead atoms. The lowest BCUT2D eigenvalue weighted by Crippen LogP contribution is -2.44. The number of carbonyl (C=O) groups excluding carboxylic acids is 2. The Morgan fingerprint density at radius 1 is 1.31 bits per heavy atom. The molecule has 158 valence electrons. The smallest absolute Gasteiger partial charge is 0.478 e. The van der Waals surface area contributed by atoms with Crippen molar-refractivity contribution in [2.24, 2.45) is 0 Å². The molecule has 0 spiro atoms. The van der Waals surface area contributed by atoms with Crippen LogP contribution < -0.4 is 0 Å². The second-order valence-corrected chi connectivity index (χ2v) is 12.1. The van der Waals surface area contributed by atoms with E-state index >= 15 is 0 Å². The molecule has 1 saturated heterocycles. The third-order valence-electron chi connectivity index (χ3n) is 4.39. The Morgan fingerprint density at radius 2 is 2.03 bits per heavy atom. The molecule has 8 nitrogen and oxygen atoms in total. The molecular formula is C18H22ClNO7SSi. The summed E-state index contributed by atoms with van der Waals surface area (Å²) in [5, 5.41) is 10.5. The number of halogens is 1. The third kappa shape index (κ3) is 6.49. The first-order valence-corrected chi connectivity index (χ1v) is 12.9. The number of rotatable bonds is 7. The van der Waals surface area contributed by atoms with Crippen LogP contribution in [0.3, 0.4) is 0 Å². The van der Waals surface area contributed by atoms with Crippen molar-refractivity contribution in [3.63, 3.8) is 0 Å². The number of carboxylic acids is 1. The molecule has 2 atom stereocenters. The molecule has 1 heterocycles. The summed E-state index contributed by atoms with van der Waals surface area (Å²) in [7, 11) is 0.774. The van der Waals surface area contributed by atoms with Gasteiger partial charge in [-0.05, 0) is 24.2 Å². The van der Waals surface area contributed by atoms with Crippen LogP contribution in [0, 0.1) is 0 Å². The number of hydrogen-bond acceptors (Lipinski definition) is 8. The van der Waals surface area contributed by atoms with Gasteiger partial charge < -0.3 is 19.3 Å². The lowest BCUT2D eigenvalue weighted by molar-refractivity contribution is -0.147. The quantitative estimate of drug-likeness (QED) is 0.285. The first-order chi connectivity index (χ1) is 13.9. The molecule has 0 unspecified atom stereocenters. The molecule has 1 fully saturated rings. The molecule has 29 heavy (non-hydrogen) atoms. The monoisotopic (exact) mass is 459 g/mol. The SMILES string of the molecule is COC(=O)OCS[Si@H]1CCN([C@H](C(=O)OC)c2ccccc2Cl)C/C1=C\C(=O)O. The number of esters is 1. The van der Waals surface area contributed by atoms with Crippen molar-refractivity contribution in [1.82, 2.24) is 4.90 Å². The minimum Gasteiger partial charge on any atom is -0.478 e. The van der Waals surface area contributed by atoms with E-state index < -0.39 is 32.1 Å². The number of nitrogens with zero attached hydrogens (tertiary/aromatic N) is 1. The van der Waals surface area contributed by atoms with Crippen LogP contribution in [0.2, 0.25) is 11.1 Å². The average molecular weight is 460 g/mol. The Kier molecular flexibility index (Phi) is 9.02. The summed E-state index contributed by atoms with van der Waals surface area (Å²) in [6.45, 7) is 0.851. The molecule has 1 N–H and O–H groups in total. The summed E-state index contributed by atoms with van der Waals surface area (Å²) in [5.41, 5.74) is 0.609. The molecule has 1 aliphatic heterocycles. The molecule has 0 amide bonds. The van der Waals surface area contributed by atoms with Crippen LogP contribution >= 0.6 is 22.8 Å². The number of carboxylic acid groups (broad SMARTS) is 1. The Morgan fingerprint density at radius 3 is 2.66 bits per heavy atom. The maximum Gasteiger partial charge on any atom is 0.508 e. The largest absolute Gasteiger partial charge is 0.508 e. The lowest BCUT2D eigenvalue weighted by atomic mass is 10.0. The van der Waals surface area contributed by atoms with Gasteiger partial charge in [0.15, 0.2) is 0 Å². The number of benzene rings is 1. The fourth-order valence-corrected chi connectivity index (χ4v) is 8.33. The van der Waals surface area contributed by atoms with Crippen LogP contribution in [0.1, 0.15) is 11.6 Å². The molecule has 0 saturated carbocycles. The van der Waals surface area contributed by atoms with E-state index in [0.29, 0.717) is 29.7 Å². The second kappa shape index (κ2) is 11.2. The van der Waals surface area contributed by atoms with Crippen molar-refractivity contribution in [3.8, 4) is 0 Å². The van der Waals surface area contributed by atoms with E-state index in [4.69, 9.17) is 21.1 Å². The Bertz CT molecular complexity index is 791. The molecule has 0 aliphatic carbocycles. The standard InChI is InChI=1S/C18H22ClNO7SSi/c1-25-17(23)16(13-5-3-4-6-14(13)19)20-7-8-29(12(10-20)9-15(21)22)28-11-27-18(24)26-2/h3-6,9,16,29H,7-8,10-11H2,1-2H3,(H,21,22)/b12-9+/t16-,29-/m0/s1. The van der Waals surface area contributed by atoms with Crippen LogP contribution in [0.15, 0.2) is 35.5 Å². The van der Waals surface area contributed by atoms with Gasteiger partial charge >= 0.3 is 18.1 Å². The van der Waals surface area contributed by atoms with Crippen molar-refractivity contribution in [1.29, 1.82) is 0 Å². The fourth-order valence-electron chi connectivity index (χ4n) is 3.10. The number of ether oxygens (including phenoxy) is 3. The zero-order valence-corrected chi connectivity index (χ0v) is 18.7. The average Bonchev–Trinajstić information content (AvgIpc) is 2.70. The Balaban J connectivity index is 2.22. The van der Waals surface area contributed by atoms with Crippen molar-refractivity contribution < 1.29 is 33.7 Å². The van der Waals surface area contributed by atoms with Gasteiger partial charge in [0.25, 0.3) is 0 Å². The van der Waals surface area contributed by atoms with Crippen molar-refractivity contribution in [2.45, 2.75) is 12.1 Å². The normalized spacial score (nSPS) is 19.4. The van der Waals surface area contributed by atoms with Gasteiger partial charge in [-0.1, -0.05) is 35.0 Å². The summed E-state index contributed by atoms with van der Waals surface area (Å²) in [4.78, 5) is 36.9. The highest BCUT2D eigenvalue weighted by Gasteiger charge is 2.36. The van der Waals surface area contributed by atoms with E-state index in [2.05, 4.69) is 4.74 Å². The Labute approximate surface area is 179 Å². The maximum absolute atomic E-state index is 12.5. The first-order valence-electron chi connectivity index (χ1n) is 8.69. The molecule has 0 radical (unpaired) electrons. The van der Waals surface area contributed by atoms with Crippen LogP contribution in [-0.2, 0) is 23.8 Å². The lowest BCUT2D eigenvalue weighted by Gasteiger charge is -2.37. The first kappa shape index (κ1) is 23.3. The van der Waals surface area contributed by atoms with E-state index in [1.165, 1.54) is 31.5 Å². The van der Waals surface area contributed by atoms with Gasteiger partial charge in [0.2, 0.25) is 0 Å². The minimum absolute atomic E-state index is 0.0888. The van der Waals surface area contributed by atoms with Crippen LogP contribution in [0.4, 0.5) is 4.79 Å². The summed E-state index contributed by atoms with van der Waals surface area (Å²) in [6, 6.07) is 6.96. The predicted octanol–water partition coefficient (Wildman–Crippen LogP) is 2.62. The second-order valence-electron chi connectivity index (χ2n) is 6.14. The number of hydrogen-bond donors (Lipinski definition) is 1. The number of carbonyl (C=O) groups is 3. The molecular weight excluding hydrogens is 438 g/mol. The highest BCUT2D eigenvalue weighted by atomic mass is 35.5. The molecule has 0 aromatic heterocycles. The van der Waals surface area contributed by atoms with Crippen molar-refractivity contribution in [3.05, 3.63) is 46.1 Å². The minimum atomic E-state index is -1.76. The predicted molar refractivity (Wildman–Crippen MR) is 111 cm³/mol. The van der Waals surface area contributed by atoms with Gasteiger partial charge in [-0.3, -0.25) is 4.90 Å². The summed E-state index contributed by atoms with van der Waals surface area (Å²) >= 11 is 7.73. The number of methoxy groups -OCH3 is 2. The van der Waals surface area contributed by atoms with Crippen molar-refractivity contribution >= 4 is 48.9 Å². The van der Waals surface area contributed by atoms with E-state index in [-0.39, 0.29) is 5.94 Å². The fraction of sp³-hybridized carbons (Fsp3) is 0.389. The summed E-state index contributed by atoms with van der Waals surface area (Å²) < 4.78 is 14.3. The zero-order valence-electron chi connectivity index (χ0n) is 16.0. The van der Waals surface area contributed by atoms with Crippen molar-refractivity contribution in [2.75, 3.05) is 33.2 Å². The van der Waals surface area contributed by atoms with Gasteiger partial charge in [0.05, 0.1) is 14.2 Å². The van der Waals surface area contributed by atoms with Gasteiger partial charge in [-0.25, -0.2) is 14.4 Å². The van der Waals surface area contributed by atoms with Gasteiger partial charge in [-0.2, -0.15) is 0 Å². The van der Waals surface area contributed by atoms with E-state index in [1.807, 2.05) is 4.90 Å². The molecule has 1 aromatic carbocycles. The zero-order chi connectivity index (χ0) is 21.4. The van der Waals surface area contributed by atoms with E-state index in [9.17, 15) is 19.5 Å².